The second-order valence-corrected chi connectivity index (χ2v) is 10.9. The van der Waals surface area contributed by atoms with Crippen LogP contribution in [0.1, 0.15) is 63.9 Å². The summed E-state index contributed by atoms with van der Waals surface area (Å²) in [5.74, 6) is 0.770. The van der Waals surface area contributed by atoms with Crippen LogP contribution in [0, 0.1) is 24.0 Å². The summed E-state index contributed by atoms with van der Waals surface area (Å²) in [5.41, 5.74) is 6.56. The van der Waals surface area contributed by atoms with E-state index in [1.165, 1.54) is 0 Å². The second kappa shape index (κ2) is 14.1. The summed E-state index contributed by atoms with van der Waals surface area (Å²) in [6.45, 7) is 5.72. The van der Waals surface area contributed by atoms with Crippen molar-refractivity contribution in [1.29, 1.82) is 0 Å². The highest BCUT2D eigenvalue weighted by Crippen LogP contribution is 2.30. The minimum atomic E-state index is -0.862. The first-order chi connectivity index (χ1) is 21.8. The molecule has 13 heteroatoms. The van der Waals surface area contributed by atoms with E-state index in [-0.39, 0.29) is 18.4 Å². The number of aromatic nitrogens is 6. The van der Waals surface area contributed by atoms with Gasteiger partial charge >= 0.3 is 5.97 Å². The van der Waals surface area contributed by atoms with Gasteiger partial charge in [-0.05, 0) is 58.9 Å². The summed E-state index contributed by atoms with van der Waals surface area (Å²) in [6.07, 6.45) is 2.63. The summed E-state index contributed by atoms with van der Waals surface area (Å²) >= 11 is 6.63. The minimum Gasteiger partial charge on any atom is -0.456 e. The van der Waals surface area contributed by atoms with Gasteiger partial charge in [0.15, 0.2) is 5.15 Å². The lowest BCUT2D eigenvalue weighted by Crippen LogP contribution is -2.15. The zero-order chi connectivity index (χ0) is 31.9. The van der Waals surface area contributed by atoms with Crippen LogP contribution < -0.4 is 0 Å². The Morgan fingerprint density at radius 1 is 1.04 bits per heavy atom. The number of ether oxygens (including phenoxy) is 1. The van der Waals surface area contributed by atoms with Crippen molar-refractivity contribution >= 4 is 17.6 Å². The van der Waals surface area contributed by atoms with Crippen molar-refractivity contribution in [3.8, 4) is 22.5 Å². The van der Waals surface area contributed by atoms with E-state index in [4.69, 9.17) is 16.3 Å². The average Bonchev–Trinajstić information content (AvgIpc) is 3.67. The number of carbonyl (C=O) groups is 1. The third-order valence-electron chi connectivity index (χ3n) is 7.63. The van der Waals surface area contributed by atoms with E-state index in [2.05, 4.69) is 37.4 Å². The highest BCUT2D eigenvalue weighted by atomic mass is 35.5. The Bertz CT molecular complexity index is 1800. The van der Waals surface area contributed by atoms with Crippen molar-refractivity contribution in [2.24, 2.45) is 0 Å². The van der Waals surface area contributed by atoms with E-state index in [1.807, 2.05) is 53.1 Å². The molecule has 0 fully saturated rings. The number of halogens is 1. The third-order valence-corrected chi connectivity index (χ3v) is 7.93. The third kappa shape index (κ3) is 7.18. The minimum absolute atomic E-state index is 0.0958. The standard InChI is InChI=1S/C32H32ClN7O5/c1-4-5-10-28-34-30(33)27(19-44-32(41)29-20(2)11-14-24(21(29)3)18-45-40(42)43)39(28)17-22-12-15-23(16-13-22)25-8-6-7-9-26(25)31-35-37-38-36-31/h6-9,11-16H,4-5,10,17-19H2,1-3H3,(H,35,36,37,38). The van der Waals surface area contributed by atoms with Gasteiger partial charge in [0, 0.05) is 18.5 Å². The van der Waals surface area contributed by atoms with Crippen LogP contribution in [0.5, 0.6) is 0 Å². The molecule has 0 unspecified atom stereocenters. The van der Waals surface area contributed by atoms with Gasteiger partial charge in [0.25, 0.3) is 5.09 Å². The molecule has 2 aromatic heterocycles. The van der Waals surface area contributed by atoms with Gasteiger partial charge in [-0.1, -0.05) is 85.6 Å². The van der Waals surface area contributed by atoms with Crippen LogP contribution >= 0.6 is 11.6 Å². The summed E-state index contributed by atoms with van der Waals surface area (Å²) < 4.78 is 7.79. The first-order valence-electron chi connectivity index (χ1n) is 14.5. The topological polar surface area (TPSA) is 151 Å². The zero-order valence-electron chi connectivity index (χ0n) is 25.1. The fourth-order valence-electron chi connectivity index (χ4n) is 5.22. The lowest BCUT2D eigenvalue weighted by atomic mass is 9.98. The molecular formula is C32H32ClN7O5. The van der Waals surface area contributed by atoms with Gasteiger partial charge in [0.1, 0.15) is 19.0 Å². The normalized spacial score (nSPS) is 11.0. The maximum Gasteiger partial charge on any atom is 0.339 e. The lowest BCUT2D eigenvalue weighted by molar-refractivity contribution is -0.763. The molecule has 0 saturated heterocycles. The van der Waals surface area contributed by atoms with Crippen LogP contribution in [0.2, 0.25) is 5.15 Å². The van der Waals surface area contributed by atoms with E-state index in [0.717, 1.165) is 47.3 Å². The predicted octanol–water partition coefficient (Wildman–Crippen LogP) is 6.46. The Morgan fingerprint density at radius 3 is 2.49 bits per heavy atom. The molecule has 12 nitrogen and oxygen atoms in total. The molecule has 0 saturated carbocycles. The van der Waals surface area contributed by atoms with Crippen molar-refractivity contribution in [2.75, 3.05) is 0 Å². The van der Waals surface area contributed by atoms with E-state index in [9.17, 15) is 14.9 Å². The quantitative estimate of drug-likeness (QED) is 0.0879. The number of esters is 1. The maximum absolute atomic E-state index is 13.3. The monoisotopic (exact) mass is 629 g/mol. The summed E-state index contributed by atoms with van der Waals surface area (Å²) in [5, 5.41) is 24.6. The van der Waals surface area contributed by atoms with Crippen molar-refractivity contribution in [3.05, 3.63) is 115 Å². The Morgan fingerprint density at radius 2 is 1.80 bits per heavy atom. The van der Waals surface area contributed by atoms with Crippen LogP contribution in [0.15, 0.2) is 60.7 Å². The number of benzene rings is 3. The van der Waals surface area contributed by atoms with Crippen molar-refractivity contribution in [3.63, 3.8) is 0 Å². The van der Waals surface area contributed by atoms with E-state index < -0.39 is 11.1 Å². The molecular weight excluding hydrogens is 598 g/mol. The van der Waals surface area contributed by atoms with Crippen molar-refractivity contribution in [1.82, 2.24) is 30.2 Å². The Balaban J connectivity index is 1.38. The van der Waals surface area contributed by atoms with Gasteiger partial charge in [0.2, 0.25) is 5.82 Å². The lowest BCUT2D eigenvalue weighted by Gasteiger charge is -2.16. The number of hydrogen-bond donors (Lipinski definition) is 1. The Labute approximate surface area is 264 Å². The molecule has 0 spiro atoms. The van der Waals surface area contributed by atoms with Crippen LogP contribution in [-0.2, 0) is 35.8 Å². The molecule has 0 atom stereocenters. The number of H-pyrrole nitrogens is 1. The number of hydrogen-bond acceptors (Lipinski definition) is 9. The van der Waals surface area contributed by atoms with E-state index in [1.54, 1.807) is 26.0 Å². The van der Waals surface area contributed by atoms with Gasteiger partial charge in [-0.3, -0.25) is 0 Å². The Hall–Kier alpha value is -5.10. The molecule has 2 heterocycles. The number of unbranched alkanes of at least 4 members (excludes halogenated alkanes) is 1. The number of tetrazole rings is 1. The number of rotatable bonds is 13. The van der Waals surface area contributed by atoms with E-state index in [0.29, 0.717) is 40.3 Å². The molecule has 0 bridgehead atoms. The second-order valence-electron chi connectivity index (χ2n) is 10.5. The predicted molar refractivity (Wildman–Crippen MR) is 167 cm³/mol. The first-order valence-corrected chi connectivity index (χ1v) is 14.8. The molecule has 3 aromatic carbocycles. The number of carbonyl (C=O) groups excluding carboxylic acids is 1. The molecule has 232 valence electrons. The molecule has 0 aliphatic rings. The molecule has 5 aromatic rings. The first kappa shape index (κ1) is 31.3. The maximum atomic E-state index is 13.3. The number of aromatic amines is 1. The zero-order valence-corrected chi connectivity index (χ0v) is 25.9. The van der Waals surface area contributed by atoms with Gasteiger partial charge in [-0.2, -0.15) is 5.21 Å². The van der Waals surface area contributed by atoms with Crippen molar-refractivity contribution < 1.29 is 19.5 Å². The van der Waals surface area contributed by atoms with Crippen LogP contribution in [0.25, 0.3) is 22.5 Å². The molecule has 1 N–H and O–H groups in total. The highest BCUT2D eigenvalue weighted by Gasteiger charge is 2.21. The van der Waals surface area contributed by atoms with E-state index >= 15 is 0 Å². The number of nitrogens with zero attached hydrogens (tertiary/aromatic N) is 6. The fraction of sp³-hybridized carbons (Fsp3) is 0.281. The van der Waals surface area contributed by atoms with Gasteiger partial charge in [-0.25, -0.2) is 9.78 Å². The molecule has 45 heavy (non-hydrogen) atoms. The van der Waals surface area contributed by atoms with Crippen LogP contribution in [-0.4, -0.2) is 41.2 Å². The van der Waals surface area contributed by atoms with Crippen LogP contribution in [0.3, 0.4) is 0 Å². The summed E-state index contributed by atoms with van der Waals surface area (Å²) in [4.78, 5) is 33.2. The molecule has 0 radical (unpaired) electrons. The van der Waals surface area contributed by atoms with Gasteiger partial charge in [0.05, 0.1) is 11.3 Å². The average molecular weight is 630 g/mol. The van der Waals surface area contributed by atoms with Gasteiger partial charge in [-0.15, -0.1) is 20.3 Å². The largest absolute Gasteiger partial charge is 0.456 e. The molecule has 5 rings (SSSR count). The molecule has 0 aliphatic heterocycles. The number of imidazole rings is 1. The molecule has 0 amide bonds. The SMILES string of the molecule is CCCCc1nc(Cl)c(COC(=O)c2c(C)ccc(CO[N+](=O)[O-])c2C)n1Cc1ccc(-c2ccccc2-c2nn[nH]n2)cc1. The van der Waals surface area contributed by atoms with Gasteiger partial charge < -0.3 is 14.1 Å². The number of aryl methyl sites for hydroxylation is 2. The Kier molecular flexibility index (Phi) is 9.83. The van der Waals surface area contributed by atoms with Crippen LogP contribution in [0.4, 0.5) is 0 Å². The smallest absolute Gasteiger partial charge is 0.339 e. The fourth-order valence-corrected chi connectivity index (χ4v) is 5.48. The highest BCUT2D eigenvalue weighted by molar-refractivity contribution is 6.30. The number of nitrogens with one attached hydrogen (secondary N) is 1. The molecule has 0 aliphatic carbocycles. The summed E-state index contributed by atoms with van der Waals surface area (Å²) in [6, 6.07) is 19.4. The summed E-state index contributed by atoms with van der Waals surface area (Å²) in [7, 11) is 0. The van der Waals surface area contributed by atoms with Crippen molar-refractivity contribution in [2.45, 2.75) is 59.8 Å².